The van der Waals surface area contributed by atoms with Crippen molar-refractivity contribution in [1.82, 2.24) is 4.98 Å². The van der Waals surface area contributed by atoms with Crippen molar-refractivity contribution >= 4 is 29.2 Å². The molecular formula is C19H15N3O3S. The van der Waals surface area contributed by atoms with Gasteiger partial charge in [-0.2, -0.15) is 0 Å². The summed E-state index contributed by atoms with van der Waals surface area (Å²) in [5.74, 6) is 0.0293. The number of hydrogen-bond donors (Lipinski definition) is 1. The van der Waals surface area contributed by atoms with Crippen LogP contribution < -0.4 is 5.32 Å². The summed E-state index contributed by atoms with van der Waals surface area (Å²) in [4.78, 5) is 27.9. The zero-order valence-electron chi connectivity index (χ0n) is 13.6. The average molecular weight is 365 g/mol. The van der Waals surface area contributed by atoms with E-state index in [2.05, 4.69) is 10.3 Å². The van der Waals surface area contributed by atoms with Gasteiger partial charge in [-0.1, -0.05) is 48.5 Å². The summed E-state index contributed by atoms with van der Waals surface area (Å²) in [5, 5.41) is 13.0. The number of benzene rings is 2. The molecule has 1 N–H and O–H groups in total. The highest BCUT2D eigenvalue weighted by atomic mass is 32.2. The number of nitro groups is 1. The first-order valence-corrected chi connectivity index (χ1v) is 8.69. The van der Waals surface area contributed by atoms with Crippen LogP contribution in [0.2, 0.25) is 0 Å². The van der Waals surface area contributed by atoms with Crippen molar-refractivity contribution in [3.8, 4) is 0 Å². The van der Waals surface area contributed by atoms with Crippen LogP contribution in [0.25, 0.3) is 0 Å². The van der Waals surface area contributed by atoms with E-state index in [0.717, 1.165) is 16.7 Å². The largest absolute Gasteiger partial charge is 0.309 e. The van der Waals surface area contributed by atoms with Crippen LogP contribution in [0.1, 0.15) is 10.8 Å². The second-order valence-corrected chi connectivity index (χ2v) is 6.55. The molecule has 1 atom stereocenters. The number of carbonyl (C=O) groups excluding carboxylic acids is 1. The zero-order valence-corrected chi connectivity index (χ0v) is 14.4. The van der Waals surface area contributed by atoms with Gasteiger partial charge in [-0.25, -0.2) is 4.98 Å². The van der Waals surface area contributed by atoms with Gasteiger partial charge < -0.3 is 5.32 Å². The van der Waals surface area contributed by atoms with Crippen molar-refractivity contribution in [1.29, 1.82) is 0 Å². The van der Waals surface area contributed by atoms with Gasteiger partial charge in [0.2, 0.25) is 5.91 Å². The molecule has 1 amide bonds. The summed E-state index contributed by atoms with van der Waals surface area (Å²) in [5.41, 5.74) is 0.738. The van der Waals surface area contributed by atoms with Gasteiger partial charge in [-0.3, -0.25) is 14.9 Å². The van der Waals surface area contributed by atoms with Crippen molar-refractivity contribution in [2.75, 3.05) is 5.32 Å². The number of carbonyl (C=O) groups is 1. The van der Waals surface area contributed by atoms with Gasteiger partial charge in [-0.05, 0) is 23.8 Å². The van der Waals surface area contributed by atoms with E-state index in [9.17, 15) is 14.9 Å². The molecular weight excluding hydrogens is 350 g/mol. The summed E-state index contributed by atoms with van der Waals surface area (Å²) >= 11 is 1.43. The maximum absolute atomic E-state index is 12.8. The van der Waals surface area contributed by atoms with E-state index >= 15 is 0 Å². The van der Waals surface area contributed by atoms with Gasteiger partial charge in [0.25, 0.3) is 5.69 Å². The average Bonchev–Trinajstić information content (AvgIpc) is 2.68. The highest BCUT2D eigenvalue weighted by Gasteiger charge is 2.22. The maximum Gasteiger partial charge on any atom is 0.287 e. The predicted octanol–water partition coefficient (Wildman–Crippen LogP) is 4.46. The molecule has 0 radical (unpaired) electrons. The number of thioether (sulfide) groups is 1. The summed E-state index contributed by atoms with van der Waals surface area (Å²) in [7, 11) is 0. The lowest BCUT2D eigenvalue weighted by atomic mass is 10.1. The molecule has 0 spiro atoms. The molecule has 0 aliphatic heterocycles. The zero-order chi connectivity index (χ0) is 18.4. The first-order chi connectivity index (χ1) is 12.6. The number of aromatic nitrogens is 1. The monoisotopic (exact) mass is 365 g/mol. The second-order valence-electron chi connectivity index (χ2n) is 5.37. The lowest BCUT2D eigenvalue weighted by Crippen LogP contribution is -2.19. The highest BCUT2D eigenvalue weighted by Crippen LogP contribution is 2.36. The van der Waals surface area contributed by atoms with Crippen LogP contribution in [0.15, 0.2) is 83.9 Å². The van der Waals surface area contributed by atoms with E-state index in [1.165, 1.54) is 23.9 Å². The fourth-order valence-electron chi connectivity index (χ4n) is 2.30. The minimum Gasteiger partial charge on any atom is -0.309 e. The van der Waals surface area contributed by atoms with Crippen molar-refractivity contribution in [2.45, 2.75) is 10.1 Å². The van der Waals surface area contributed by atoms with E-state index in [-0.39, 0.29) is 17.4 Å². The Labute approximate surface area is 154 Å². The minimum atomic E-state index is -0.531. The van der Waals surface area contributed by atoms with Crippen molar-refractivity contribution in [2.24, 2.45) is 0 Å². The second kappa shape index (κ2) is 8.26. The Morgan fingerprint density at radius 1 is 1.00 bits per heavy atom. The van der Waals surface area contributed by atoms with Gasteiger partial charge >= 0.3 is 0 Å². The summed E-state index contributed by atoms with van der Waals surface area (Å²) in [6, 6.07) is 21.8. The molecule has 1 heterocycles. The van der Waals surface area contributed by atoms with Crippen LogP contribution in [-0.4, -0.2) is 15.8 Å². The van der Waals surface area contributed by atoms with E-state index in [1.54, 1.807) is 0 Å². The third kappa shape index (κ3) is 4.46. The molecule has 1 aromatic heterocycles. The Morgan fingerprint density at radius 3 is 2.23 bits per heavy atom. The topological polar surface area (TPSA) is 85.1 Å². The minimum absolute atomic E-state index is 0.124. The molecule has 3 aromatic rings. The molecule has 0 aliphatic carbocycles. The molecule has 130 valence electrons. The van der Waals surface area contributed by atoms with Crippen molar-refractivity contribution in [3.63, 3.8) is 0 Å². The van der Waals surface area contributed by atoms with Gasteiger partial charge in [0.1, 0.15) is 17.3 Å². The fraction of sp³-hybridized carbons (Fsp3) is 0.0526. The van der Waals surface area contributed by atoms with Crippen LogP contribution >= 0.6 is 11.8 Å². The molecule has 0 bridgehead atoms. The molecule has 0 fully saturated rings. The highest BCUT2D eigenvalue weighted by molar-refractivity contribution is 8.00. The maximum atomic E-state index is 12.8. The number of anilines is 1. The number of nitrogens with zero attached hydrogens (tertiary/aromatic N) is 2. The Morgan fingerprint density at radius 2 is 1.65 bits per heavy atom. The molecule has 0 unspecified atom stereocenters. The molecule has 0 aliphatic rings. The Kier molecular flexibility index (Phi) is 5.60. The summed E-state index contributed by atoms with van der Waals surface area (Å²) in [6.07, 6.45) is 1.12. The number of rotatable bonds is 6. The summed E-state index contributed by atoms with van der Waals surface area (Å²) in [6.45, 7) is 0. The van der Waals surface area contributed by atoms with Crippen LogP contribution in [0, 0.1) is 10.1 Å². The number of amides is 1. The van der Waals surface area contributed by atoms with Gasteiger partial charge in [-0.15, -0.1) is 11.8 Å². The Hall–Kier alpha value is -3.19. The van der Waals surface area contributed by atoms with Crippen LogP contribution in [0.3, 0.4) is 0 Å². The first kappa shape index (κ1) is 17.6. The normalized spacial score (nSPS) is 11.5. The van der Waals surface area contributed by atoms with Crippen molar-refractivity contribution in [3.05, 3.63) is 94.7 Å². The molecule has 6 nitrogen and oxygen atoms in total. The lowest BCUT2D eigenvalue weighted by molar-refractivity contribution is -0.385. The fourth-order valence-corrected chi connectivity index (χ4v) is 3.34. The third-order valence-corrected chi connectivity index (χ3v) is 4.81. The lowest BCUT2D eigenvalue weighted by Gasteiger charge is -2.16. The predicted molar refractivity (Wildman–Crippen MR) is 101 cm³/mol. The third-order valence-electron chi connectivity index (χ3n) is 3.55. The number of hydrogen-bond acceptors (Lipinski definition) is 5. The molecule has 0 saturated heterocycles. The van der Waals surface area contributed by atoms with Gasteiger partial charge in [0.15, 0.2) is 0 Å². The van der Waals surface area contributed by atoms with E-state index in [0.29, 0.717) is 0 Å². The first-order valence-electron chi connectivity index (χ1n) is 7.81. The molecule has 0 saturated carbocycles. The molecule has 3 rings (SSSR count). The molecule has 26 heavy (non-hydrogen) atoms. The van der Waals surface area contributed by atoms with E-state index in [1.807, 2.05) is 60.7 Å². The van der Waals surface area contributed by atoms with Crippen LogP contribution in [0.5, 0.6) is 0 Å². The number of nitrogens with one attached hydrogen (secondary N) is 1. The quantitative estimate of drug-likeness (QED) is 0.396. The van der Waals surface area contributed by atoms with Crippen molar-refractivity contribution < 1.29 is 9.72 Å². The SMILES string of the molecule is O=C(Nc1ccc([N+](=O)[O-])cn1)[C@@H](Sc1ccccc1)c1ccccc1. The van der Waals surface area contributed by atoms with E-state index in [4.69, 9.17) is 0 Å². The standard InChI is InChI=1S/C19H15N3O3S/c23-19(21-17-12-11-15(13-20-17)22(24)25)18(14-7-3-1-4-8-14)26-16-9-5-2-6-10-16/h1-13,18H,(H,20,21,23)/t18-/m0/s1. The molecule has 7 heteroatoms. The van der Waals surface area contributed by atoms with Crippen LogP contribution in [-0.2, 0) is 4.79 Å². The Balaban J connectivity index is 1.81. The molecule has 2 aromatic carbocycles. The smallest absolute Gasteiger partial charge is 0.287 e. The van der Waals surface area contributed by atoms with Gasteiger partial charge in [0.05, 0.1) is 4.92 Å². The summed E-state index contributed by atoms with van der Waals surface area (Å²) < 4.78 is 0. The van der Waals surface area contributed by atoms with Crippen LogP contribution in [0.4, 0.5) is 11.5 Å². The Bertz CT molecular complexity index is 887. The van der Waals surface area contributed by atoms with E-state index < -0.39 is 10.2 Å². The van der Waals surface area contributed by atoms with Gasteiger partial charge in [0, 0.05) is 11.0 Å². The number of pyridine rings is 1.